The molecule has 23 heavy (non-hydrogen) atoms. The zero-order valence-corrected chi connectivity index (χ0v) is 13.4. The van der Waals surface area contributed by atoms with Crippen LogP contribution in [0.2, 0.25) is 0 Å². The molecule has 0 spiro atoms. The maximum Gasteiger partial charge on any atom is 0.350 e. The van der Waals surface area contributed by atoms with Gasteiger partial charge in [0, 0.05) is 23.5 Å². The molecule has 118 valence electrons. The number of amides is 1. The number of aromatic amines is 1. The van der Waals surface area contributed by atoms with Crippen molar-refractivity contribution in [2.75, 3.05) is 12.4 Å². The lowest BCUT2D eigenvalue weighted by Crippen LogP contribution is -2.14. The van der Waals surface area contributed by atoms with Gasteiger partial charge in [0.1, 0.15) is 4.88 Å². The summed E-state index contributed by atoms with van der Waals surface area (Å²) in [6.07, 6.45) is 2.91. The summed E-state index contributed by atoms with van der Waals surface area (Å²) in [5.41, 5.74) is 2.67. The van der Waals surface area contributed by atoms with Crippen molar-refractivity contribution in [3.8, 4) is 0 Å². The third-order valence-corrected chi connectivity index (χ3v) is 4.50. The Morgan fingerprint density at radius 3 is 2.91 bits per heavy atom. The van der Waals surface area contributed by atoms with Crippen molar-refractivity contribution in [2.24, 2.45) is 0 Å². The summed E-state index contributed by atoms with van der Waals surface area (Å²) in [6.45, 7) is 0. The van der Waals surface area contributed by atoms with Crippen LogP contribution in [-0.4, -0.2) is 24.0 Å². The number of H-pyrrole nitrogens is 1. The first-order valence-electron chi connectivity index (χ1n) is 7.19. The first kappa shape index (κ1) is 15.3. The Kier molecular flexibility index (Phi) is 4.43. The summed E-state index contributed by atoms with van der Waals surface area (Å²) in [7, 11) is 1.32. The van der Waals surface area contributed by atoms with Crippen molar-refractivity contribution in [1.82, 2.24) is 4.98 Å². The van der Waals surface area contributed by atoms with Crippen LogP contribution in [0.15, 0.2) is 41.9 Å². The van der Waals surface area contributed by atoms with Gasteiger partial charge in [-0.25, -0.2) is 4.79 Å². The molecule has 0 aliphatic rings. The van der Waals surface area contributed by atoms with Crippen molar-refractivity contribution < 1.29 is 14.3 Å². The molecule has 1 aromatic carbocycles. The Bertz CT molecular complexity index is 850. The third kappa shape index (κ3) is 3.27. The Labute approximate surface area is 137 Å². The fraction of sp³-hybridized carbons (Fsp3) is 0.176. The molecule has 0 unspecified atom stereocenters. The van der Waals surface area contributed by atoms with E-state index in [-0.39, 0.29) is 5.91 Å². The maximum atomic E-state index is 12.1. The largest absolute Gasteiger partial charge is 0.465 e. The smallest absolute Gasteiger partial charge is 0.350 e. The van der Waals surface area contributed by atoms with E-state index in [9.17, 15) is 9.59 Å². The third-order valence-electron chi connectivity index (χ3n) is 3.61. The van der Waals surface area contributed by atoms with E-state index in [0.717, 1.165) is 16.5 Å². The Balaban J connectivity index is 1.64. The number of fused-ring (bicyclic) bond motifs is 1. The van der Waals surface area contributed by atoms with Gasteiger partial charge in [-0.15, -0.1) is 11.3 Å². The molecular weight excluding hydrogens is 312 g/mol. The van der Waals surface area contributed by atoms with Gasteiger partial charge in [0.15, 0.2) is 0 Å². The van der Waals surface area contributed by atoms with E-state index in [4.69, 9.17) is 4.74 Å². The van der Waals surface area contributed by atoms with Crippen LogP contribution in [0.3, 0.4) is 0 Å². The van der Waals surface area contributed by atoms with Crippen LogP contribution in [0.1, 0.15) is 21.7 Å². The molecule has 0 saturated heterocycles. The van der Waals surface area contributed by atoms with Gasteiger partial charge in [0.25, 0.3) is 0 Å². The molecular formula is C17H16N2O3S. The van der Waals surface area contributed by atoms with Gasteiger partial charge in [-0.3, -0.25) is 4.79 Å². The van der Waals surface area contributed by atoms with Gasteiger partial charge in [-0.2, -0.15) is 0 Å². The highest BCUT2D eigenvalue weighted by atomic mass is 32.1. The fourth-order valence-corrected chi connectivity index (χ4v) is 3.22. The second-order valence-electron chi connectivity index (χ2n) is 5.06. The van der Waals surface area contributed by atoms with E-state index >= 15 is 0 Å². The van der Waals surface area contributed by atoms with Gasteiger partial charge in [-0.1, -0.05) is 18.2 Å². The predicted molar refractivity (Wildman–Crippen MR) is 90.9 cm³/mol. The van der Waals surface area contributed by atoms with Gasteiger partial charge in [-0.05, 0) is 29.5 Å². The van der Waals surface area contributed by atoms with Crippen molar-refractivity contribution in [3.05, 3.63) is 52.3 Å². The van der Waals surface area contributed by atoms with Crippen LogP contribution in [0.5, 0.6) is 0 Å². The lowest BCUT2D eigenvalue weighted by atomic mass is 10.1. The summed E-state index contributed by atoms with van der Waals surface area (Å²) >= 11 is 1.25. The molecule has 0 bridgehead atoms. The quantitative estimate of drug-likeness (QED) is 0.703. The average molecular weight is 328 g/mol. The lowest BCUT2D eigenvalue weighted by Gasteiger charge is -2.05. The number of ether oxygens (including phenoxy) is 1. The van der Waals surface area contributed by atoms with Gasteiger partial charge in [0.2, 0.25) is 5.91 Å². The zero-order valence-electron chi connectivity index (χ0n) is 12.6. The summed E-state index contributed by atoms with van der Waals surface area (Å²) in [5, 5.41) is 5.66. The summed E-state index contributed by atoms with van der Waals surface area (Å²) in [5.74, 6) is -0.564. The molecule has 5 nitrogen and oxygen atoms in total. The summed E-state index contributed by atoms with van der Waals surface area (Å²) < 4.78 is 4.70. The second-order valence-corrected chi connectivity index (χ2v) is 5.98. The molecule has 2 heterocycles. The molecule has 0 saturated carbocycles. The van der Waals surface area contributed by atoms with E-state index in [0.29, 0.717) is 23.4 Å². The molecule has 3 rings (SSSR count). The van der Waals surface area contributed by atoms with Gasteiger partial charge < -0.3 is 15.0 Å². The molecule has 0 atom stereocenters. The number of carbonyl (C=O) groups is 2. The lowest BCUT2D eigenvalue weighted by molar-refractivity contribution is -0.116. The van der Waals surface area contributed by atoms with E-state index in [2.05, 4.69) is 10.3 Å². The molecule has 0 aliphatic heterocycles. The molecule has 2 N–H and O–H groups in total. The number of methoxy groups -OCH3 is 1. The molecule has 0 fully saturated rings. The minimum absolute atomic E-state index is 0.126. The number of aromatic nitrogens is 1. The topological polar surface area (TPSA) is 71.2 Å². The van der Waals surface area contributed by atoms with Crippen LogP contribution in [-0.2, 0) is 16.0 Å². The van der Waals surface area contributed by atoms with Crippen LogP contribution in [0.25, 0.3) is 10.9 Å². The Morgan fingerprint density at radius 1 is 1.26 bits per heavy atom. The molecule has 6 heteroatoms. The standard InChI is InChI=1S/C17H16N2O3S/c1-22-17(21)16-14(8-9-23-16)19-15(20)7-6-11-10-18-13-5-3-2-4-12(11)13/h2-5,8-10,18H,6-7H2,1H3,(H,19,20). The predicted octanol–water partition coefficient (Wildman–Crippen LogP) is 3.59. The van der Waals surface area contributed by atoms with Gasteiger partial charge >= 0.3 is 5.97 Å². The van der Waals surface area contributed by atoms with Crippen molar-refractivity contribution in [2.45, 2.75) is 12.8 Å². The molecule has 1 amide bonds. The van der Waals surface area contributed by atoms with Crippen molar-refractivity contribution in [3.63, 3.8) is 0 Å². The number of thiophene rings is 1. The Morgan fingerprint density at radius 2 is 2.09 bits per heavy atom. The zero-order chi connectivity index (χ0) is 16.2. The highest BCUT2D eigenvalue weighted by molar-refractivity contribution is 7.12. The van der Waals surface area contributed by atoms with Crippen LogP contribution in [0.4, 0.5) is 5.69 Å². The number of para-hydroxylation sites is 1. The Hall–Kier alpha value is -2.60. The number of aryl methyl sites for hydroxylation is 1. The molecule has 0 aliphatic carbocycles. The highest BCUT2D eigenvalue weighted by Crippen LogP contribution is 2.24. The van der Waals surface area contributed by atoms with E-state index in [1.165, 1.54) is 18.4 Å². The van der Waals surface area contributed by atoms with Crippen molar-refractivity contribution in [1.29, 1.82) is 0 Å². The number of hydrogen-bond acceptors (Lipinski definition) is 4. The first-order chi connectivity index (χ1) is 11.2. The highest BCUT2D eigenvalue weighted by Gasteiger charge is 2.15. The minimum Gasteiger partial charge on any atom is -0.465 e. The maximum absolute atomic E-state index is 12.1. The number of benzene rings is 1. The van der Waals surface area contributed by atoms with Crippen molar-refractivity contribution >= 4 is 39.8 Å². The number of nitrogens with one attached hydrogen (secondary N) is 2. The number of rotatable bonds is 5. The van der Waals surface area contributed by atoms with Crippen LogP contribution >= 0.6 is 11.3 Å². The number of anilines is 1. The monoisotopic (exact) mass is 328 g/mol. The van der Waals surface area contributed by atoms with E-state index in [1.807, 2.05) is 30.5 Å². The fourth-order valence-electron chi connectivity index (χ4n) is 2.46. The molecule has 3 aromatic rings. The SMILES string of the molecule is COC(=O)c1sccc1NC(=O)CCc1c[nH]c2ccccc12. The molecule has 0 radical (unpaired) electrons. The number of esters is 1. The van der Waals surface area contributed by atoms with E-state index < -0.39 is 5.97 Å². The van der Waals surface area contributed by atoms with Gasteiger partial charge in [0.05, 0.1) is 12.8 Å². The summed E-state index contributed by atoms with van der Waals surface area (Å²) in [6, 6.07) is 9.70. The van der Waals surface area contributed by atoms with Crippen LogP contribution < -0.4 is 5.32 Å². The van der Waals surface area contributed by atoms with Crippen LogP contribution in [0, 0.1) is 0 Å². The summed E-state index contributed by atoms with van der Waals surface area (Å²) in [4.78, 5) is 27.3. The average Bonchev–Trinajstić information content (AvgIpc) is 3.19. The first-order valence-corrected chi connectivity index (χ1v) is 8.07. The molecule has 2 aromatic heterocycles. The minimum atomic E-state index is -0.438. The second kappa shape index (κ2) is 6.66. The van der Waals surface area contributed by atoms with E-state index in [1.54, 1.807) is 11.4 Å². The number of carbonyl (C=O) groups excluding carboxylic acids is 2. The number of hydrogen-bond donors (Lipinski definition) is 2. The normalized spacial score (nSPS) is 10.7.